The highest BCUT2D eigenvalue weighted by atomic mass is 79.9. The molecule has 17 heavy (non-hydrogen) atoms. The summed E-state index contributed by atoms with van der Waals surface area (Å²) in [4.78, 5) is 0. The molecule has 0 aliphatic heterocycles. The lowest BCUT2D eigenvalue weighted by atomic mass is 10.1. The van der Waals surface area contributed by atoms with Crippen molar-refractivity contribution in [1.82, 2.24) is 0 Å². The summed E-state index contributed by atoms with van der Waals surface area (Å²) < 4.78 is 17.0. The summed E-state index contributed by atoms with van der Waals surface area (Å²) in [6.45, 7) is 9.70. The number of hydrogen-bond donors (Lipinski definition) is 0. The van der Waals surface area contributed by atoms with E-state index < -0.39 is 11.4 Å². The highest BCUT2D eigenvalue weighted by Gasteiger charge is 2.27. The maximum Gasteiger partial charge on any atom is 0.144 e. The molecule has 0 aromatic heterocycles. The van der Waals surface area contributed by atoms with Gasteiger partial charge in [-0.25, -0.2) is 0 Å². The lowest BCUT2D eigenvalue weighted by molar-refractivity contribution is 0.561. The molecule has 0 heterocycles. The zero-order valence-electron chi connectivity index (χ0n) is 10.9. The highest BCUT2D eigenvalue weighted by molar-refractivity contribution is 9.10. The van der Waals surface area contributed by atoms with E-state index in [0.717, 1.165) is 21.3 Å². The Hall–Kier alpha value is -0.320. The predicted molar refractivity (Wildman–Crippen MR) is 79.0 cm³/mol. The van der Waals surface area contributed by atoms with Crippen molar-refractivity contribution in [2.45, 2.75) is 39.4 Å². The number of rotatable bonds is 2. The molecule has 0 bridgehead atoms. The van der Waals surface area contributed by atoms with Gasteiger partial charge in [-0.3, -0.25) is 0 Å². The standard InChI is InChI=1S/C13H18BrNOS/c1-9-11(7-6-8-12(9)14)10(2)15-17(16)13(3,4)5/h6-8H,1-5H3/b15-10-. The molecule has 1 aromatic carbocycles. The molecule has 0 saturated heterocycles. The molecule has 0 aliphatic carbocycles. The molecular weight excluding hydrogens is 298 g/mol. The van der Waals surface area contributed by atoms with Gasteiger partial charge in [0.2, 0.25) is 0 Å². The normalized spacial score (nSPS) is 14.9. The first-order valence-corrected chi connectivity index (χ1v) is 7.36. The third-order valence-corrected chi connectivity index (χ3v) is 4.75. The van der Waals surface area contributed by atoms with Gasteiger partial charge in [-0.15, -0.1) is 0 Å². The summed E-state index contributed by atoms with van der Waals surface area (Å²) in [5, 5.41) is 0. The van der Waals surface area contributed by atoms with E-state index in [1.807, 2.05) is 52.8 Å². The Labute approximate surface area is 115 Å². The fourth-order valence-electron chi connectivity index (χ4n) is 1.31. The van der Waals surface area contributed by atoms with Crippen molar-refractivity contribution in [3.8, 4) is 0 Å². The van der Waals surface area contributed by atoms with Crippen molar-refractivity contribution in [3.05, 3.63) is 33.8 Å². The van der Waals surface area contributed by atoms with E-state index in [-0.39, 0.29) is 4.75 Å². The van der Waals surface area contributed by atoms with Crippen molar-refractivity contribution in [2.24, 2.45) is 4.40 Å². The lowest BCUT2D eigenvalue weighted by Crippen LogP contribution is -2.26. The molecule has 0 radical (unpaired) electrons. The van der Waals surface area contributed by atoms with Crippen LogP contribution in [0.15, 0.2) is 27.1 Å². The first kappa shape index (κ1) is 14.7. The van der Waals surface area contributed by atoms with Crippen LogP contribution >= 0.6 is 15.9 Å². The molecule has 1 atom stereocenters. The van der Waals surface area contributed by atoms with Crippen molar-refractivity contribution >= 4 is 33.0 Å². The summed E-state index contributed by atoms with van der Waals surface area (Å²) in [7, 11) is 0. The minimum atomic E-state index is -1.21. The van der Waals surface area contributed by atoms with Crippen LogP contribution in [-0.2, 0) is 11.4 Å². The van der Waals surface area contributed by atoms with E-state index >= 15 is 0 Å². The van der Waals surface area contributed by atoms with E-state index in [1.54, 1.807) is 0 Å². The Morgan fingerprint density at radius 2 is 1.94 bits per heavy atom. The fourth-order valence-corrected chi connectivity index (χ4v) is 2.30. The molecular formula is C13H18BrNOS. The number of halogens is 1. The SMILES string of the molecule is C/C(=N/[S+]([O-])C(C)(C)C)c1cccc(Br)c1C. The van der Waals surface area contributed by atoms with Crippen LogP contribution in [0, 0.1) is 6.92 Å². The minimum Gasteiger partial charge on any atom is -0.591 e. The van der Waals surface area contributed by atoms with Crippen LogP contribution < -0.4 is 0 Å². The largest absolute Gasteiger partial charge is 0.591 e. The predicted octanol–water partition coefficient (Wildman–Crippen LogP) is 4.03. The highest BCUT2D eigenvalue weighted by Crippen LogP contribution is 2.22. The minimum absolute atomic E-state index is 0.318. The smallest absolute Gasteiger partial charge is 0.144 e. The molecule has 0 aliphatic rings. The number of hydrogen-bond acceptors (Lipinski definition) is 2. The quantitative estimate of drug-likeness (QED) is 0.599. The van der Waals surface area contributed by atoms with Gasteiger partial charge in [-0.05, 0) is 46.2 Å². The second-order valence-corrected chi connectivity index (χ2v) is 7.71. The van der Waals surface area contributed by atoms with Crippen molar-refractivity contribution < 1.29 is 4.55 Å². The molecule has 94 valence electrons. The molecule has 0 N–H and O–H groups in total. The Bertz CT molecular complexity index is 438. The molecule has 1 unspecified atom stereocenters. The van der Waals surface area contributed by atoms with Gasteiger partial charge >= 0.3 is 0 Å². The maximum absolute atomic E-state index is 12.0. The second-order valence-electron chi connectivity index (χ2n) is 4.95. The first-order valence-electron chi connectivity index (χ1n) is 5.46. The molecule has 0 fully saturated rings. The van der Waals surface area contributed by atoms with Crippen LogP contribution in [0.3, 0.4) is 0 Å². The molecule has 0 amide bonds. The molecule has 0 spiro atoms. The van der Waals surface area contributed by atoms with Crippen LogP contribution in [0.4, 0.5) is 0 Å². The molecule has 2 nitrogen and oxygen atoms in total. The van der Waals surface area contributed by atoms with Crippen LogP contribution in [0.5, 0.6) is 0 Å². The van der Waals surface area contributed by atoms with Gasteiger partial charge in [0, 0.05) is 10.0 Å². The van der Waals surface area contributed by atoms with Gasteiger partial charge in [-0.1, -0.05) is 32.5 Å². The van der Waals surface area contributed by atoms with Crippen molar-refractivity contribution in [1.29, 1.82) is 0 Å². The molecule has 1 aromatic rings. The van der Waals surface area contributed by atoms with Gasteiger partial charge in [0.1, 0.15) is 16.1 Å². The summed E-state index contributed by atoms with van der Waals surface area (Å²) in [5.74, 6) is 0. The van der Waals surface area contributed by atoms with Gasteiger partial charge < -0.3 is 4.55 Å². The average molecular weight is 316 g/mol. The third kappa shape index (κ3) is 3.83. The second kappa shape index (κ2) is 5.55. The Morgan fingerprint density at radius 1 is 1.35 bits per heavy atom. The lowest BCUT2D eigenvalue weighted by Gasteiger charge is -2.19. The fraction of sp³-hybridized carbons (Fsp3) is 0.462. The van der Waals surface area contributed by atoms with Gasteiger partial charge in [0.25, 0.3) is 0 Å². The first-order chi connectivity index (χ1) is 7.73. The summed E-state index contributed by atoms with van der Waals surface area (Å²) in [6, 6.07) is 5.96. The Morgan fingerprint density at radius 3 is 2.47 bits per heavy atom. The number of benzene rings is 1. The van der Waals surface area contributed by atoms with Crippen molar-refractivity contribution in [2.75, 3.05) is 0 Å². The Balaban J connectivity index is 3.09. The monoisotopic (exact) mass is 315 g/mol. The summed E-state index contributed by atoms with van der Waals surface area (Å²) in [6.07, 6.45) is 0. The topological polar surface area (TPSA) is 35.4 Å². The van der Waals surface area contributed by atoms with Crippen LogP contribution in [0.25, 0.3) is 0 Å². The van der Waals surface area contributed by atoms with E-state index in [1.165, 1.54) is 0 Å². The van der Waals surface area contributed by atoms with E-state index in [4.69, 9.17) is 0 Å². The van der Waals surface area contributed by atoms with Crippen LogP contribution in [0.1, 0.15) is 38.8 Å². The van der Waals surface area contributed by atoms with Gasteiger partial charge in [0.05, 0.1) is 5.71 Å². The molecule has 4 heteroatoms. The zero-order valence-corrected chi connectivity index (χ0v) is 13.3. The molecule has 0 saturated carbocycles. The van der Waals surface area contributed by atoms with Crippen molar-refractivity contribution in [3.63, 3.8) is 0 Å². The third-order valence-electron chi connectivity index (χ3n) is 2.40. The maximum atomic E-state index is 12.0. The summed E-state index contributed by atoms with van der Waals surface area (Å²) >= 11 is 2.28. The Kier molecular flexibility index (Phi) is 4.81. The van der Waals surface area contributed by atoms with Crippen LogP contribution in [-0.4, -0.2) is 15.0 Å². The van der Waals surface area contributed by atoms with E-state index in [9.17, 15) is 4.55 Å². The summed E-state index contributed by atoms with van der Waals surface area (Å²) in [5.41, 5.74) is 2.98. The average Bonchev–Trinajstić information content (AvgIpc) is 2.20. The van der Waals surface area contributed by atoms with Gasteiger partial charge in [-0.2, -0.15) is 0 Å². The van der Waals surface area contributed by atoms with Gasteiger partial charge in [0.15, 0.2) is 0 Å². The number of nitrogens with zero attached hydrogens (tertiary/aromatic N) is 1. The zero-order chi connectivity index (χ0) is 13.2. The molecule has 1 rings (SSSR count). The van der Waals surface area contributed by atoms with E-state index in [2.05, 4.69) is 20.3 Å². The van der Waals surface area contributed by atoms with Crippen LogP contribution in [0.2, 0.25) is 0 Å². The van der Waals surface area contributed by atoms with E-state index in [0.29, 0.717) is 0 Å².